The van der Waals surface area contributed by atoms with Crippen LogP contribution >= 0.6 is 0 Å². The molecule has 0 amide bonds. The fourth-order valence-corrected chi connectivity index (χ4v) is 1.16. The maximum absolute atomic E-state index is 5.05. The number of benzene rings is 1. The van der Waals surface area contributed by atoms with E-state index in [0.29, 0.717) is 0 Å². The first kappa shape index (κ1) is 10.4. The highest BCUT2D eigenvalue weighted by Gasteiger charge is 2.12. The molecule has 14 heavy (non-hydrogen) atoms. The van der Waals surface area contributed by atoms with Gasteiger partial charge in [0.15, 0.2) is 0 Å². The summed E-state index contributed by atoms with van der Waals surface area (Å²) in [4.78, 5) is 0. The summed E-state index contributed by atoms with van der Waals surface area (Å²) in [6.45, 7) is 6.57. The van der Waals surface area contributed by atoms with E-state index in [0.717, 1.165) is 5.56 Å². The van der Waals surface area contributed by atoms with E-state index in [-0.39, 0.29) is 5.41 Å². The molecule has 0 atom stereocenters. The topological polar surface area (TPSA) is 0 Å². The van der Waals surface area contributed by atoms with Crippen molar-refractivity contribution in [1.29, 1.82) is 0 Å². The minimum Gasteiger partial charge on any atom is -0.106 e. The van der Waals surface area contributed by atoms with Gasteiger partial charge in [0.1, 0.15) is 0 Å². The number of hydrogen-bond donors (Lipinski definition) is 0. The van der Waals surface area contributed by atoms with Crippen LogP contribution in [0.1, 0.15) is 31.9 Å². The first-order valence-corrected chi connectivity index (χ1v) is 4.61. The maximum atomic E-state index is 5.05. The molecule has 0 aliphatic carbocycles. The van der Waals surface area contributed by atoms with E-state index in [9.17, 15) is 0 Å². The monoisotopic (exact) mass is 182 g/mol. The second kappa shape index (κ2) is 4.03. The fraction of sp³-hybridized carbons (Fsp3) is 0.286. The van der Waals surface area contributed by atoms with Crippen molar-refractivity contribution in [2.24, 2.45) is 0 Å². The lowest BCUT2D eigenvalue weighted by Crippen LogP contribution is -2.10. The predicted octanol–water partition coefficient (Wildman–Crippen LogP) is 2.97. The molecule has 70 valence electrons. The molecule has 0 radical (unpaired) electrons. The predicted molar refractivity (Wildman–Crippen MR) is 60.9 cm³/mol. The van der Waals surface area contributed by atoms with E-state index in [1.54, 1.807) is 0 Å². The molecule has 0 spiro atoms. The Bertz CT molecular complexity index is 397. The second-order valence-corrected chi connectivity index (χ2v) is 4.22. The highest BCUT2D eigenvalue weighted by molar-refractivity contribution is 5.41. The highest BCUT2D eigenvalue weighted by atomic mass is 14.2. The smallest absolute Gasteiger partial charge is 0.0255 e. The Balaban J connectivity index is 2.96. The van der Waals surface area contributed by atoms with Gasteiger partial charge in [-0.1, -0.05) is 38.8 Å². The second-order valence-electron chi connectivity index (χ2n) is 4.22. The zero-order chi connectivity index (χ0) is 10.6. The lowest BCUT2D eigenvalue weighted by atomic mass is 9.87. The molecule has 0 aliphatic rings. The van der Waals surface area contributed by atoms with Gasteiger partial charge in [-0.3, -0.25) is 0 Å². The Morgan fingerprint density at radius 2 is 1.64 bits per heavy atom. The van der Waals surface area contributed by atoms with Crippen molar-refractivity contribution in [3.63, 3.8) is 0 Å². The molecule has 0 aromatic heterocycles. The van der Waals surface area contributed by atoms with Gasteiger partial charge in [0.2, 0.25) is 0 Å². The molecule has 1 aromatic rings. The molecule has 1 rings (SSSR count). The van der Waals surface area contributed by atoms with Gasteiger partial charge in [-0.25, -0.2) is 0 Å². The van der Waals surface area contributed by atoms with Crippen LogP contribution in [0.15, 0.2) is 24.3 Å². The quantitative estimate of drug-likeness (QED) is 0.541. The van der Waals surface area contributed by atoms with E-state index in [1.807, 2.05) is 12.1 Å². The molecular weight excluding hydrogens is 168 g/mol. The third-order valence-corrected chi connectivity index (χ3v) is 2.03. The van der Waals surface area contributed by atoms with Gasteiger partial charge < -0.3 is 0 Å². The van der Waals surface area contributed by atoms with Crippen molar-refractivity contribution in [3.05, 3.63) is 35.4 Å². The zero-order valence-corrected chi connectivity index (χ0v) is 8.89. The number of terminal acetylenes is 1. The lowest BCUT2D eigenvalue weighted by molar-refractivity contribution is 0.590. The van der Waals surface area contributed by atoms with Crippen LogP contribution in [0.2, 0.25) is 0 Å². The van der Waals surface area contributed by atoms with Crippen molar-refractivity contribution in [3.8, 4) is 24.2 Å². The first-order valence-electron chi connectivity index (χ1n) is 4.61. The van der Waals surface area contributed by atoms with Gasteiger partial charge in [-0.15, -0.1) is 6.42 Å². The van der Waals surface area contributed by atoms with E-state index in [4.69, 9.17) is 6.42 Å². The molecule has 0 heterocycles. The van der Waals surface area contributed by atoms with Gasteiger partial charge in [-0.05, 0) is 35.0 Å². The van der Waals surface area contributed by atoms with E-state index in [2.05, 4.69) is 50.7 Å². The summed E-state index contributed by atoms with van der Waals surface area (Å²) >= 11 is 0. The Hall–Kier alpha value is -1.66. The maximum Gasteiger partial charge on any atom is 0.0255 e. The zero-order valence-electron chi connectivity index (χ0n) is 8.89. The van der Waals surface area contributed by atoms with Crippen molar-refractivity contribution in [2.75, 3.05) is 0 Å². The third-order valence-electron chi connectivity index (χ3n) is 2.03. The summed E-state index contributed by atoms with van der Waals surface area (Å²) in [7, 11) is 0. The van der Waals surface area contributed by atoms with Crippen LogP contribution < -0.4 is 0 Å². The summed E-state index contributed by atoms with van der Waals surface area (Å²) in [5.41, 5.74) is 2.47. The molecule has 0 fully saturated rings. The highest BCUT2D eigenvalue weighted by Crippen LogP contribution is 2.21. The largest absolute Gasteiger partial charge is 0.106 e. The molecule has 0 bridgehead atoms. The Labute approximate surface area is 86.3 Å². The summed E-state index contributed by atoms with van der Waals surface area (Å²) in [6.07, 6.45) is 5.05. The fourth-order valence-electron chi connectivity index (χ4n) is 1.16. The Morgan fingerprint density at radius 1 is 1.07 bits per heavy atom. The van der Waals surface area contributed by atoms with E-state index >= 15 is 0 Å². The summed E-state index contributed by atoms with van der Waals surface area (Å²) in [5, 5.41) is 0. The van der Waals surface area contributed by atoms with Crippen LogP contribution in [0.4, 0.5) is 0 Å². The van der Waals surface area contributed by atoms with Gasteiger partial charge in [0.25, 0.3) is 0 Å². The van der Waals surface area contributed by atoms with Gasteiger partial charge >= 0.3 is 0 Å². The normalized spacial score (nSPS) is 9.86. The minimum atomic E-state index is 0.193. The molecule has 0 N–H and O–H groups in total. The van der Waals surface area contributed by atoms with Crippen LogP contribution in [0.5, 0.6) is 0 Å². The molecule has 0 aliphatic heterocycles. The van der Waals surface area contributed by atoms with Crippen molar-refractivity contribution >= 4 is 0 Å². The van der Waals surface area contributed by atoms with E-state index < -0.39 is 0 Å². The minimum absolute atomic E-state index is 0.193. The van der Waals surface area contributed by atoms with Crippen molar-refractivity contribution in [2.45, 2.75) is 26.2 Å². The average Bonchev–Trinajstić information content (AvgIpc) is 2.14. The third kappa shape index (κ3) is 2.68. The molecule has 0 heteroatoms. The van der Waals surface area contributed by atoms with Gasteiger partial charge in [0.05, 0.1) is 0 Å². The van der Waals surface area contributed by atoms with Gasteiger partial charge in [0, 0.05) is 5.56 Å². The summed E-state index contributed by atoms with van der Waals surface area (Å²) in [5.74, 6) is 7.79. The van der Waals surface area contributed by atoms with E-state index in [1.165, 1.54) is 5.56 Å². The van der Waals surface area contributed by atoms with Crippen LogP contribution in [-0.2, 0) is 5.41 Å². The van der Waals surface area contributed by atoms with Crippen LogP contribution in [-0.4, -0.2) is 0 Å². The van der Waals surface area contributed by atoms with Crippen LogP contribution in [0, 0.1) is 24.2 Å². The van der Waals surface area contributed by atoms with Gasteiger partial charge in [-0.2, -0.15) is 0 Å². The number of hydrogen-bond acceptors (Lipinski definition) is 0. The first-order chi connectivity index (χ1) is 6.54. The summed E-state index contributed by atoms with van der Waals surface area (Å²) < 4.78 is 0. The molecule has 0 unspecified atom stereocenters. The Kier molecular flexibility index (Phi) is 3.00. The van der Waals surface area contributed by atoms with Crippen molar-refractivity contribution < 1.29 is 0 Å². The van der Waals surface area contributed by atoms with Crippen molar-refractivity contribution in [1.82, 2.24) is 0 Å². The van der Waals surface area contributed by atoms with Crippen LogP contribution in [0.3, 0.4) is 0 Å². The number of rotatable bonds is 0. The SMILES string of the molecule is C#CC#Cc1ccc(C(C)(C)C)cc1. The Morgan fingerprint density at radius 3 is 2.07 bits per heavy atom. The average molecular weight is 182 g/mol. The van der Waals surface area contributed by atoms with Crippen LogP contribution in [0.25, 0.3) is 0 Å². The molecular formula is C14H14. The molecule has 0 saturated heterocycles. The molecule has 1 aromatic carbocycles. The standard InChI is InChI=1S/C14H14/c1-5-6-7-12-8-10-13(11-9-12)14(2,3)4/h1,8-11H,2-4H3. The summed E-state index contributed by atoms with van der Waals surface area (Å²) in [6, 6.07) is 8.21. The molecule has 0 saturated carbocycles. The lowest BCUT2D eigenvalue weighted by Gasteiger charge is -2.18. The molecule has 0 nitrogen and oxygen atoms in total.